The number of anilines is 1. The molecule has 8 heteroatoms. The largest absolute Gasteiger partial charge is 0.326 e. The number of carbonyl (C=O) groups is 1. The summed E-state index contributed by atoms with van der Waals surface area (Å²) in [7, 11) is -3.55. The van der Waals surface area contributed by atoms with Gasteiger partial charge in [-0.15, -0.1) is 11.3 Å². The van der Waals surface area contributed by atoms with Gasteiger partial charge in [0.15, 0.2) is 0 Å². The Bertz CT molecular complexity index is 924. The number of rotatable bonds is 4. The summed E-state index contributed by atoms with van der Waals surface area (Å²) < 4.78 is 28.1. The summed E-state index contributed by atoms with van der Waals surface area (Å²) in [6.07, 6.45) is 1.37. The van der Waals surface area contributed by atoms with Crippen LogP contribution in [0.3, 0.4) is 0 Å². The maximum absolute atomic E-state index is 12.8. The molecule has 26 heavy (non-hydrogen) atoms. The van der Waals surface area contributed by atoms with Crippen molar-refractivity contribution in [1.29, 1.82) is 0 Å². The van der Waals surface area contributed by atoms with Gasteiger partial charge >= 0.3 is 0 Å². The number of thiophene rings is 1. The van der Waals surface area contributed by atoms with E-state index < -0.39 is 10.0 Å². The van der Waals surface area contributed by atoms with Crippen molar-refractivity contribution < 1.29 is 13.2 Å². The first kappa shape index (κ1) is 19.5. The minimum Gasteiger partial charge on any atom is -0.326 e. The van der Waals surface area contributed by atoms with Crippen LogP contribution in [0.4, 0.5) is 5.69 Å². The van der Waals surface area contributed by atoms with E-state index in [1.165, 1.54) is 21.2 Å². The van der Waals surface area contributed by atoms with Crippen molar-refractivity contribution in [3.63, 3.8) is 0 Å². The van der Waals surface area contributed by atoms with Gasteiger partial charge in [-0.2, -0.15) is 4.31 Å². The van der Waals surface area contributed by atoms with Gasteiger partial charge in [0.25, 0.3) is 10.0 Å². The molecule has 0 saturated carbocycles. The van der Waals surface area contributed by atoms with Crippen LogP contribution in [0.25, 0.3) is 0 Å². The molecule has 0 spiro atoms. The molecule has 0 bridgehead atoms. The lowest BCUT2D eigenvalue weighted by Crippen LogP contribution is -2.43. The number of benzene rings is 1. The van der Waals surface area contributed by atoms with Crippen LogP contribution in [-0.4, -0.2) is 31.7 Å². The molecular formula is C18H21BrN2O3S2. The Morgan fingerprint density at radius 2 is 2.00 bits per heavy atom. The zero-order valence-electron chi connectivity index (χ0n) is 14.7. The predicted molar refractivity (Wildman–Crippen MR) is 108 cm³/mol. The Labute approximate surface area is 166 Å². The highest BCUT2D eigenvalue weighted by molar-refractivity contribution is 9.11. The number of hydrogen-bond acceptors (Lipinski definition) is 4. The highest BCUT2D eigenvalue weighted by atomic mass is 79.9. The lowest BCUT2D eigenvalue weighted by molar-refractivity contribution is -0.120. The third-order valence-electron chi connectivity index (χ3n) is 4.67. The molecule has 1 atom stereocenters. The van der Waals surface area contributed by atoms with Crippen LogP contribution in [0.2, 0.25) is 0 Å². The van der Waals surface area contributed by atoms with Crippen LogP contribution in [0.15, 0.2) is 38.3 Å². The first-order valence-electron chi connectivity index (χ1n) is 8.41. The number of carbonyl (C=O) groups excluding carboxylic acids is 1. The van der Waals surface area contributed by atoms with Gasteiger partial charge in [-0.05, 0) is 78.0 Å². The number of sulfonamides is 1. The van der Waals surface area contributed by atoms with Gasteiger partial charge in [-0.3, -0.25) is 4.79 Å². The molecule has 1 aromatic carbocycles. The van der Waals surface area contributed by atoms with Crippen LogP contribution in [-0.2, 0) is 14.8 Å². The molecule has 1 N–H and O–H groups in total. The lowest BCUT2D eigenvalue weighted by Gasteiger charge is -2.30. The normalized spacial score (nSPS) is 18.7. The van der Waals surface area contributed by atoms with Gasteiger partial charge in [0.1, 0.15) is 4.21 Å². The van der Waals surface area contributed by atoms with Gasteiger partial charge in [0.05, 0.1) is 9.70 Å². The standard InChI is InChI=1S/C18H21BrN2O3S2/c1-12-5-6-15(10-13(12)2)20-18(22)14-4-3-9-21(11-14)26(23,24)17-8-7-16(19)25-17/h5-8,10,14H,3-4,9,11H2,1-2H3,(H,20,22). The van der Waals surface area contributed by atoms with Crippen molar-refractivity contribution in [2.24, 2.45) is 5.92 Å². The van der Waals surface area contributed by atoms with Crippen LogP contribution in [0.5, 0.6) is 0 Å². The van der Waals surface area contributed by atoms with Gasteiger partial charge < -0.3 is 5.32 Å². The monoisotopic (exact) mass is 456 g/mol. The van der Waals surface area contributed by atoms with Crippen LogP contribution < -0.4 is 5.32 Å². The Morgan fingerprint density at radius 3 is 2.65 bits per heavy atom. The van der Waals surface area contributed by atoms with Gasteiger partial charge in [0.2, 0.25) is 5.91 Å². The lowest BCUT2D eigenvalue weighted by atomic mass is 9.98. The average Bonchev–Trinajstić information content (AvgIpc) is 3.05. The van der Waals surface area contributed by atoms with Gasteiger partial charge in [0, 0.05) is 18.8 Å². The maximum Gasteiger partial charge on any atom is 0.252 e. The third kappa shape index (κ3) is 4.19. The van der Waals surface area contributed by atoms with E-state index in [4.69, 9.17) is 0 Å². The fourth-order valence-electron chi connectivity index (χ4n) is 3.00. The molecule has 1 saturated heterocycles. The minimum absolute atomic E-state index is 0.125. The van der Waals surface area contributed by atoms with E-state index in [2.05, 4.69) is 21.2 Å². The summed E-state index contributed by atoms with van der Waals surface area (Å²) in [5.41, 5.74) is 3.03. The molecule has 0 radical (unpaired) electrons. The molecule has 1 aliphatic heterocycles. The Morgan fingerprint density at radius 1 is 1.23 bits per heavy atom. The fourth-order valence-corrected chi connectivity index (χ4v) is 6.69. The minimum atomic E-state index is -3.55. The SMILES string of the molecule is Cc1ccc(NC(=O)C2CCCN(S(=O)(=O)c3ccc(Br)s3)C2)cc1C. The molecule has 140 valence electrons. The molecule has 1 aliphatic rings. The molecule has 3 rings (SSSR count). The zero-order chi connectivity index (χ0) is 18.9. The van der Waals surface area contributed by atoms with E-state index in [0.29, 0.717) is 23.6 Å². The number of halogens is 1. The van der Waals surface area contributed by atoms with Crippen molar-refractivity contribution in [2.45, 2.75) is 30.9 Å². The van der Waals surface area contributed by atoms with E-state index in [1.807, 2.05) is 32.0 Å². The second kappa shape index (κ2) is 7.80. The number of nitrogens with one attached hydrogen (secondary N) is 1. The second-order valence-corrected chi connectivity index (χ2v) is 11.2. The first-order valence-corrected chi connectivity index (χ1v) is 11.5. The molecule has 1 amide bonds. The molecule has 2 heterocycles. The summed E-state index contributed by atoms with van der Waals surface area (Å²) in [6, 6.07) is 9.11. The molecule has 1 aromatic heterocycles. The predicted octanol–water partition coefficient (Wildman–Crippen LogP) is 4.17. The number of hydrogen-bond donors (Lipinski definition) is 1. The Hall–Kier alpha value is -1.22. The summed E-state index contributed by atoms with van der Waals surface area (Å²) >= 11 is 4.49. The molecule has 5 nitrogen and oxygen atoms in total. The average molecular weight is 457 g/mol. The van der Waals surface area contributed by atoms with Gasteiger partial charge in [-0.25, -0.2) is 8.42 Å². The van der Waals surface area contributed by atoms with E-state index >= 15 is 0 Å². The molecule has 1 fully saturated rings. The third-order valence-corrected chi connectivity index (χ3v) is 8.63. The summed E-state index contributed by atoms with van der Waals surface area (Å²) in [4.78, 5) is 12.6. The summed E-state index contributed by atoms with van der Waals surface area (Å²) in [6.45, 7) is 4.69. The second-order valence-electron chi connectivity index (χ2n) is 6.55. The highest BCUT2D eigenvalue weighted by Crippen LogP contribution is 2.31. The van der Waals surface area contributed by atoms with Crippen molar-refractivity contribution >= 4 is 48.9 Å². The van der Waals surface area contributed by atoms with Gasteiger partial charge in [-0.1, -0.05) is 6.07 Å². The summed E-state index contributed by atoms with van der Waals surface area (Å²) in [5.74, 6) is -0.468. The number of piperidine rings is 1. The number of amides is 1. The van der Waals surface area contributed by atoms with E-state index in [9.17, 15) is 13.2 Å². The van der Waals surface area contributed by atoms with Crippen molar-refractivity contribution in [3.8, 4) is 0 Å². The number of nitrogens with zero attached hydrogens (tertiary/aromatic N) is 1. The molecule has 1 unspecified atom stereocenters. The van der Waals surface area contributed by atoms with E-state index in [1.54, 1.807) is 12.1 Å². The Balaban J connectivity index is 1.71. The van der Waals surface area contributed by atoms with Crippen LogP contribution in [0, 0.1) is 19.8 Å². The van der Waals surface area contributed by atoms with E-state index in [0.717, 1.165) is 15.0 Å². The topological polar surface area (TPSA) is 66.5 Å². The maximum atomic E-state index is 12.8. The van der Waals surface area contributed by atoms with Crippen molar-refractivity contribution in [1.82, 2.24) is 4.31 Å². The quantitative estimate of drug-likeness (QED) is 0.750. The highest BCUT2D eigenvalue weighted by Gasteiger charge is 2.34. The first-order chi connectivity index (χ1) is 12.3. The van der Waals surface area contributed by atoms with E-state index in [-0.39, 0.29) is 18.4 Å². The Kier molecular flexibility index (Phi) is 5.86. The number of aryl methyl sites for hydroxylation is 2. The molecular weight excluding hydrogens is 436 g/mol. The summed E-state index contributed by atoms with van der Waals surface area (Å²) in [5, 5.41) is 2.93. The van der Waals surface area contributed by atoms with Crippen molar-refractivity contribution in [3.05, 3.63) is 45.2 Å². The molecule has 0 aliphatic carbocycles. The zero-order valence-corrected chi connectivity index (χ0v) is 17.9. The van der Waals surface area contributed by atoms with Crippen LogP contribution >= 0.6 is 27.3 Å². The fraction of sp³-hybridized carbons (Fsp3) is 0.389. The smallest absolute Gasteiger partial charge is 0.252 e. The van der Waals surface area contributed by atoms with Crippen LogP contribution in [0.1, 0.15) is 24.0 Å². The molecule has 2 aromatic rings. The van der Waals surface area contributed by atoms with Crippen molar-refractivity contribution in [2.75, 3.05) is 18.4 Å².